The average molecular weight is 397 g/mol. The lowest BCUT2D eigenvalue weighted by Gasteiger charge is -2.48. The molecule has 0 amide bonds. The fourth-order valence-corrected chi connectivity index (χ4v) is 4.24. The molecule has 1 aliphatic heterocycles. The first-order valence-corrected chi connectivity index (χ1v) is 9.83. The second-order valence-corrected chi connectivity index (χ2v) is 6.98. The number of hydrogen-bond acceptors (Lipinski definition) is 6. The van der Waals surface area contributed by atoms with Gasteiger partial charge in [0.05, 0.1) is 37.1 Å². The molecule has 1 N–H and O–H groups in total. The summed E-state index contributed by atoms with van der Waals surface area (Å²) in [6.45, 7) is 7.75. The van der Waals surface area contributed by atoms with Crippen molar-refractivity contribution in [2.45, 2.75) is 45.2 Å². The Balaban J connectivity index is 2.35. The molecule has 29 heavy (non-hydrogen) atoms. The number of carbonyl (C=O) groups is 2. The van der Waals surface area contributed by atoms with E-state index in [1.54, 1.807) is 37.1 Å². The summed E-state index contributed by atoms with van der Waals surface area (Å²) >= 11 is 0. The molecule has 0 bridgehead atoms. The molecule has 7 nitrogen and oxygen atoms in total. The van der Waals surface area contributed by atoms with Gasteiger partial charge in [-0.15, -0.1) is 0 Å². The van der Waals surface area contributed by atoms with Gasteiger partial charge in [-0.05, 0) is 33.3 Å². The monoisotopic (exact) mass is 397 g/mol. The minimum Gasteiger partial charge on any atom is -0.464 e. The Hall–Kier alpha value is -3.09. The van der Waals surface area contributed by atoms with Crippen molar-refractivity contribution >= 4 is 11.9 Å². The second kappa shape index (κ2) is 8.51. The Kier molecular flexibility index (Phi) is 6.06. The summed E-state index contributed by atoms with van der Waals surface area (Å²) in [6, 6.07) is 9.14. The highest BCUT2D eigenvalue weighted by molar-refractivity contribution is 5.95. The standard InChI is InChI=1S/C22H27N3O4/c1-5-28-20(26)18-15(3)24-16(4)22(21(27)29-6-2,25-13-12-23-14-25)19(18)17-10-8-7-9-11-17/h7-14,16,19,24H,5-6H2,1-4H3. The van der Waals surface area contributed by atoms with Gasteiger partial charge in [0.25, 0.3) is 0 Å². The maximum atomic E-state index is 13.6. The first-order valence-electron chi connectivity index (χ1n) is 9.83. The van der Waals surface area contributed by atoms with Crippen molar-refractivity contribution in [1.29, 1.82) is 0 Å². The number of carbonyl (C=O) groups excluding carboxylic acids is 2. The van der Waals surface area contributed by atoms with Gasteiger partial charge in [-0.2, -0.15) is 0 Å². The highest BCUT2D eigenvalue weighted by atomic mass is 16.5. The summed E-state index contributed by atoms with van der Waals surface area (Å²) in [5.41, 5.74) is 0.669. The lowest BCUT2D eigenvalue weighted by atomic mass is 9.67. The number of nitrogens with one attached hydrogen (secondary N) is 1. The number of imidazole rings is 1. The van der Waals surface area contributed by atoms with E-state index in [1.807, 2.05) is 44.2 Å². The molecule has 2 aromatic rings. The van der Waals surface area contributed by atoms with E-state index < -0.39 is 23.4 Å². The van der Waals surface area contributed by atoms with Crippen molar-refractivity contribution < 1.29 is 19.1 Å². The summed E-state index contributed by atoms with van der Waals surface area (Å²) in [5, 5.41) is 3.32. The summed E-state index contributed by atoms with van der Waals surface area (Å²) in [6.07, 6.45) is 4.94. The minimum absolute atomic E-state index is 0.223. The van der Waals surface area contributed by atoms with Gasteiger partial charge in [0, 0.05) is 18.1 Å². The number of hydrogen-bond donors (Lipinski definition) is 1. The van der Waals surface area contributed by atoms with Gasteiger partial charge in [0.2, 0.25) is 0 Å². The third kappa shape index (κ3) is 3.41. The molecular formula is C22H27N3O4. The van der Waals surface area contributed by atoms with E-state index in [0.29, 0.717) is 11.3 Å². The minimum atomic E-state index is -1.25. The van der Waals surface area contributed by atoms with E-state index in [9.17, 15) is 9.59 Å². The molecule has 7 heteroatoms. The van der Waals surface area contributed by atoms with Gasteiger partial charge in [-0.1, -0.05) is 30.3 Å². The van der Waals surface area contributed by atoms with Crippen LogP contribution in [0.25, 0.3) is 0 Å². The summed E-state index contributed by atoms with van der Waals surface area (Å²) in [4.78, 5) is 30.8. The number of nitrogens with zero attached hydrogens (tertiary/aromatic N) is 2. The van der Waals surface area contributed by atoms with Crippen LogP contribution < -0.4 is 5.32 Å². The van der Waals surface area contributed by atoms with Crippen LogP contribution in [-0.2, 0) is 24.6 Å². The molecule has 1 aromatic heterocycles. The van der Waals surface area contributed by atoms with E-state index in [-0.39, 0.29) is 19.3 Å². The predicted octanol–water partition coefficient (Wildman–Crippen LogP) is 2.75. The zero-order valence-electron chi connectivity index (χ0n) is 17.2. The molecule has 1 aromatic carbocycles. The molecule has 1 aliphatic rings. The number of allylic oxidation sites excluding steroid dienone is 1. The molecule has 154 valence electrons. The van der Waals surface area contributed by atoms with Crippen LogP contribution in [0.2, 0.25) is 0 Å². The Morgan fingerprint density at radius 2 is 1.86 bits per heavy atom. The number of rotatable bonds is 6. The van der Waals surface area contributed by atoms with Crippen molar-refractivity contribution in [2.24, 2.45) is 0 Å². The summed E-state index contributed by atoms with van der Waals surface area (Å²) in [7, 11) is 0. The van der Waals surface area contributed by atoms with Gasteiger partial charge >= 0.3 is 11.9 Å². The van der Waals surface area contributed by atoms with E-state index in [2.05, 4.69) is 10.3 Å². The van der Waals surface area contributed by atoms with E-state index in [0.717, 1.165) is 5.56 Å². The van der Waals surface area contributed by atoms with Crippen LogP contribution in [-0.4, -0.2) is 40.7 Å². The van der Waals surface area contributed by atoms with Gasteiger partial charge in [-0.25, -0.2) is 14.6 Å². The van der Waals surface area contributed by atoms with Gasteiger partial charge in [0.15, 0.2) is 5.54 Å². The second-order valence-electron chi connectivity index (χ2n) is 6.98. The Bertz CT molecular complexity index is 892. The average Bonchev–Trinajstić information content (AvgIpc) is 3.23. The zero-order chi connectivity index (χ0) is 21.0. The number of esters is 2. The fourth-order valence-electron chi connectivity index (χ4n) is 4.24. The Labute approximate surface area is 170 Å². The highest BCUT2D eigenvalue weighted by Gasteiger charge is 2.58. The third-order valence-corrected chi connectivity index (χ3v) is 5.39. The largest absolute Gasteiger partial charge is 0.464 e. The van der Waals surface area contributed by atoms with Crippen LogP contribution in [0.1, 0.15) is 39.2 Å². The van der Waals surface area contributed by atoms with Crippen molar-refractivity contribution in [1.82, 2.24) is 14.9 Å². The molecule has 0 fully saturated rings. The molecular weight excluding hydrogens is 370 g/mol. The van der Waals surface area contributed by atoms with Crippen LogP contribution in [0.5, 0.6) is 0 Å². The van der Waals surface area contributed by atoms with Crippen molar-refractivity contribution in [3.63, 3.8) is 0 Å². The first-order chi connectivity index (χ1) is 14.0. The molecule has 3 unspecified atom stereocenters. The van der Waals surface area contributed by atoms with Crippen molar-refractivity contribution in [3.8, 4) is 0 Å². The van der Waals surface area contributed by atoms with Gasteiger partial charge < -0.3 is 19.4 Å². The van der Waals surface area contributed by atoms with Gasteiger partial charge in [-0.3, -0.25) is 0 Å². The lowest BCUT2D eigenvalue weighted by Crippen LogP contribution is -2.63. The maximum absolute atomic E-state index is 13.6. The molecule has 0 spiro atoms. The molecule has 2 heterocycles. The van der Waals surface area contributed by atoms with E-state index in [4.69, 9.17) is 9.47 Å². The third-order valence-electron chi connectivity index (χ3n) is 5.39. The molecule has 0 saturated carbocycles. The Morgan fingerprint density at radius 1 is 1.17 bits per heavy atom. The number of ether oxygens (including phenoxy) is 2. The Morgan fingerprint density at radius 3 is 2.45 bits per heavy atom. The molecule has 3 atom stereocenters. The van der Waals surface area contributed by atoms with E-state index in [1.165, 1.54) is 0 Å². The first kappa shape index (κ1) is 20.6. The topological polar surface area (TPSA) is 82.5 Å². The van der Waals surface area contributed by atoms with Crippen LogP contribution in [0.4, 0.5) is 0 Å². The van der Waals surface area contributed by atoms with Crippen LogP contribution in [0.15, 0.2) is 60.3 Å². The molecule has 3 rings (SSSR count). The number of benzene rings is 1. The smallest absolute Gasteiger partial charge is 0.336 e. The van der Waals surface area contributed by atoms with Crippen LogP contribution >= 0.6 is 0 Å². The quantitative estimate of drug-likeness (QED) is 0.755. The highest BCUT2D eigenvalue weighted by Crippen LogP contribution is 2.47. The number of aromatic nitrogens is 2. The maximum Gasteiger partial charge on any atom is 0.336 e. The van der Waals surface area contributed by atoms with E-state index >= 15 is 0 Å². The van der Waals surface area contributed by atoms with Crippen molar-refractivity contribution in [2.75, 3.05) is 13.2 Å². The normalized spacial score (nSPS) is 24.0. The molecule has 0 saturated heterocycles. The summed E-state index contributed by atoms with van der Waals surface area (Å²) < 4.78 is 12.7. The predicted molar refractivity (Wildman–Crippen MR) is 108 cm³/mol. The zero-order valence-corrected chi connectivity index (χ0v) is 17.2. The lowest BCUT2D eigenvalue weighted by molar-refractivity contribution is -0.157. The van der Waals surface area contributed by atoms with Gasteiger partial charge in [0.1, 0.15) is 0 Å². The molecule has 0 radical (unpaired) electrons. The summed E-state index contributed by atoms with van der Waals surface area (Å²) in [5.74, 6) is -1.50. The SMILES string of the molecule is CCOC(=O)C1=C(C)NC(C)C(C(=O)OCC)(n2ccnc2)C1c1ccccc1. The van der Waals surface area contributed by atoms with Crippen LogP contribution in [0, 0.1) is 0 Å². The molecule has 0 aliphatic carbocycles. The fraction of sp³-hybridized carbons (Fsp3) is 0.409. The van der Waals surface area contributed by atoms with Crippen molar-refractivity contribution in [3.05, 3.63) is 65.9 Å². The van der Waals surface area contributed by atoms with Crippen LogP contribution in [0.3, 0.4) is 0 Å².